The van der Waals surface area contributed by atoms with E-state index in [1.54, 1.807) is 37.6 Å². The Morgan fingerprint density at radius 3 is 2.52 bits per heavy atom. The van der Waals surface area contributed by atoms with E-state index in [1.807, 2.05) is 59.4 Å². The second kappa shape index (κ2) is 16.0. The number of urea groups is 1. The molecule has 13 heteroatoms. The molecule has 0 aliphatic carbocycles. The molecule has 1 aromatic heterocycles. The number of thioether (sulfide) groups is 1. The molecule has 4 amide bonds. The number of nitrogens with zero attached hydrogens (tertiary/aromatic N) is 5. The van der Waals surface area contributed by atoms with Gasteiger partial charge in [0, 0.05) is 43.8 Å². The SMILES string of the molecule is CSCCC(NC(=O)CN1C(=O)N(CCCc2cncn2Cc2ccc(C#N)cc2)C(=O)C1(C)c1cccc2ccccc12)C(=O)O.[Li]. The molecule has 4 aromatic rings. The zero-order valence-corrected chi connectivity index (χ0v) is 28.1. The average molecular weight is 660 g/mol. The minimum absolute atomic E-state index is 0. The number of benzene rings is 3. The van der Waals surface area contributed by atoms with E-state index in [2.05, 4.69) is 16.4 Å². The van der Waals surface area contributed by atoms with Crippen molar-refractivity contribution in [3.8, 4) is 6.07 Å². The van der Waals surface area contributed by atoms with E-state index in [-0.39, 0.29) is 31.8 Å². The first-order valence-corrected chi connectivity index (χ1v) is 16.7. The van der Waals surface area contributed by atoms with Gasteiger partial charge in [0.2, 0.25) is 5.91 Å². The fourth-order valence-electron chi connectivity index (χ4n) is 6.01. The number of carbonyl (C=O) groups is 4. The van der Waals surface area contributed by atoms with Crippen LogP contribution in [0.3, 0.4) is 0 Å². The maximum absolute atomic E-state index is 14.3. The molecule has 1 radical (unpaired) electrons. The van der Waals surface area contributed by atoms with Crippen molar-refractivity contribution < 1.29 is 24.3 Å². The van der Waals surface area contributed by atoms with Gasteiger partial charge in [-0.1, -0.05) is 54.6 Å². The van der Waals surface area contributed by atoms with Gasteiger partial charge in [-0.3, -0.25) is 19.4 Å². The summed E-state index contributed by atoms with van der Waals surface area (Å²) in [5.74, 6) is -1.73. The number of rotatable bonds is 14. The van der Waals surface area contributed by atoms with Crippen molar-refractivity contribution in [3.05, 3.63) is 102 Å². The smallest absolute Gasteiger partial charge is 0.328 e. The molecule has 0 bridgehead atoms. The number of amides is 4. The number of nitrogens with one attached hydrogen (secondary N) is 1. The molecule has 0 spiro atoms. The van der Waals surface area contributed by atoms with E-state index in [1.165, 1.54) is 21.6 Å². The number of aliphatic carboxylic acids is 1. The molecule has 243 valence electrons. The van der Waals surface area contributed by atoms with Crippen molar-refractivity contribution in [3.63, 3.8) is 0 Å². The van der Waals surface area contributed by atoms with Gasteiger partial charge in [-0.2, -0.15) is 17.0 Å². The van der Waals surface area contributed by atoms with Gasteiger partial charge in [0.25, 0.3) is 5.91 Å². The Labute approximate surface area is 295 Å². The Kier molecular flexibility index (Phi) is 12.1. The number of carboxylic acid groups (broad SMARTS) is 1. The van der Waals surface area contributed by atoms with Crippen LogP contribution in [0.5, 0.6) is 0 Å². The first-order valence-electron chi connectivity index (χ1n) is 15.3. The molecule has 1 saturated heterocycles. The zero-order chi connectivity index (χ0) is 33.6. The van der Waals surface area contributed by atoms with Gasteiger partial charge in [-0.15, -0.1) is 0 Å². The molecule has 3 aromatic carbocycles. The van der Waals surface area contributed by atoms with E-state index in [0.29, 0.717) is 36.3 Å². The Hall–Kier alpha value is -4.55. The monoisotopic (exact) mass is 659 g/mol. The summed E-state index contributed by atoms with van der Waals surface area (Å²) < 4.78 is 1.99. The summed E-state index contributed by atoms with van der Waals surface area (Å²) >= 11 is 1.47. The van der Waals surface area contributed by atoms with Gasteiger partial charge in [-0.25, -0.2) is 14.6 Å². The molecule has 2 N–H and O–H groups in total. The van der Waals surface area contributed by atoms with Gasteiger partial charge in [0.15, 0.2) is 0 Å². The van der Waals surface area contributed by atoms with E-state index in [9.17, 15) is 24.3 Å². The quantitative estimate of drug-likeness (QED) is 0.152. The van der Waals surface area contributed by atoms with E-state index in [4.69, 9.17) is 5.26 Å². The Morgan fingerprint density at radius 2 is 1.81 bits per heavy atom. The third kappa shape index (κ3) is 7.60. The number of hydrogen-bond donors (Lipinski definition) is 2. The van der Waals surface area contributed by atoms with Crippen molar-refractivity contribution in [2.75, 3.05) is 25.1 Å². The Morgan fingerprint density at radius 1 is 1.08 bits per heavy atom. The molecular weight excluding hydrogens is 623 g/mol. The second-order valence-corrected chi connectivity index (χ2v) is 12.6. The predicted molar refractivity (Wildman–Crippen MR) is 184 cm³/mol. The third-order valence-electron chi connectivity index (χ3n) is 8.57. The molecular formula is C35H36LiN6O5S. The summed E-state index contributed by atoms with van der Waals surface area (Å²) in [7, 11) is 0. The first kappa shape index (κ1) is 36.3. The van der Waals surface area contributed by atoms with Crippen LogP contribution in [0, 0.1) is 11.3 Å². The van der Waals surface area contributed by atoms with Crippen molar-refractivity contribution in [2.24, 2.45) is 0 Å². The van der Waals surface area contributed by atoms with Crippen LogP contribution in [-0.4, -0.2) is 98.3 Å². The largest absolute Gasteiger partial charge is 0.480 e. The van der Waals surface area contributed by atoms with Crippen LogP contribution in [0.1, 0.15) is 42.1 Å². The normalized spacial score (nSPS) is 16.4. The number of carboxylic acids is 1. The average Bonchev–Trinajstić information content (AvgIpc) is 3.59. The molecule has 5 rings (SSSR count). The molecule has 2 heterocycles. The number of aromatic nitrogens is 2. The maximum atomic E-state index is 14.3. The van der Waals surface area contributed by atoms with Gasteiger partial charge in [0.05, 0.1) is 18.0 Å². The standard InChI is InChI=1S/C35H36N6O5S.Li/c1-35(29-11-5-8-26-7-3-4-10-28(26)29)33(45)40(34(46)41(35)22-31(42)38-30(32(43)44)16-18-47-2)17-6-9-27-20-37-23-39(27)21-25-14-12-24(19-36)13-15-25;/h3-5,7-8,10-15,20,23,30H,6,9,16-18,21-22H2,1-2H3,(H,38,42)(H,43,44);. The summed E-state index contributed by atoms with van der Waals surface area (Å²) in [6, 6.07) is 20.8. The second-order valence-electron chi connectivity index (χ2n) is 11.6. The van der Waals surface area contributed by atoms with E-state index < -0.39 is 41.9 Å². The van der Waals surface area contributed by atoms with Gasteiger partial charge in [0.1, 0.15) is 18.1 Å². The van der Waals surface area contributed by atoms with Crippen LogP contribution in [0.25, 0.3) is 10.8 Å². The minimum Gasteiger partial charge on any atom is -0.480 e. The number of nitriles is 1. The van der Waals surface area contributed by atoms with Crippen LogP contribution in [-0.2, 0) is 32.9 Å². The van der Waals surface area contributed by atoms with Crippen molar-refractivity contribution in [2.45, 2.75) is 44.3 Å². The third-order valence-corrected chi connectivity index (χ3v) is 9.22. The number of imide groups is 1. The van der Waals surface area contributed by atoms with E-state index in [0.717, 1.165) is 22.0 Å². The zero-order valence-electron chi connectivity index (χ0n) is 27.3. The van der Waals surface area contributed by atoms with Crippen molar-refractivity contribution in [1.82, 2.24) is 24.7 Å². The van der Waals surface area contributed by atoms with E-state index >= 15 is 0 Å². The van der Waals surface area contributed by atoms with Crippen molar-refractivity contribution in [1.29, 1.82) is 5.26 Å². The summed E-state index contributed by atoms with van der Waals surface area (Å²) in [5.41, 5.74) is 1.59. The predicted octanol–water partition coefficient (Wildman–Crippen LogP) is 4.01. The number of fused-ring (bicyclic) bond motifs is 1. The fourth-order valence-corrected chi connectivity index (χ4v) is 6.48. The summed E-state index contributed by atoms with van der Waals surface area (Å²) in [4.78, 5) is 60.2. The number of imidazole rings is 1. The number of hydrogen-bond acceptors (Lipinski definition) is 7. The molecule has 2 unspecified atom stereocenters. The summed E-state index contributed by atoms with van der Waals surface area (Å²) in [6.45, 7) is 1.83. The van der Waals surface area contributed by atoms with Crippen LogP contribution in [0.4, 0.5) is 4.79 Å². The number of aryl methyl sites for hydroxylation is 1. The van der Waals surface area contributed by atoms with Gasteiger partial charge >= 0.3 is 12.0 Å². The maximum Gasteiger partial charge on any atom is 0.328 e. The summed E-state index contributed by atoms with van der Waals surface area (Å²) in [6.07, 6.45) is 6.55. The summed E-state index contributed by atoms with van der Waals surface area (Å²) in [5, 5.41) is 22.9. The van der Waals surface area contributed by atoms with Crippen molar-refractivity contribution >= 4 is 65.2 Å². The van der Waals surface area contributed by atoms with Gasteiger partial charge in [-0.05, 0) is 72.2 Å². The van der Waals surface area contributed by atoms with Crippen LogP contribution < -0.4 is 5.32 Å². The van der Waals surface area contributed by atoms with Crippen LogP contribution in [0.15, 0.2) is 79.3 Å². The first-order chi connectivity index (χ1) is 22.7. The molecule has 2 atom stereocenters. The minimum atomic E-state index is -1.51. The van der Waals surface area contributed by atoms with Gasteiger partial charge < -0.3 is 15.0 Å². The molecule has 11 nitrogen and oxygen atoms in total. The molecule has 0 saturated carbocycles. The molecule has 1 fully saturated rings. The topological polar surface area (TPSA) is 149 Å². The number of carbonyl (C=O) groups excluding carboxylic acids is 3. The molecule has 48 heavy (non-hydrogen) atoms. The Bertz CT molecular complexity index is 1840. The Balaban J connectivity index is 0.00000520. The molecule has 1 aliphatic rings. The molecule has 1 aliphatic heterocycles. The fraction of sp³-hybridized carbons (Fsp3) is 0.314. The van der Waals surface area contributed by atoms with Crippen LogP contribution >= 0.6 is 11.8 Å². The van der Waals surface area contributed by atoms with Crippen LogP contribution in [0.2, 0.25) is 0 Å².